The summed E-state index contributed by atoms with van der Waals surface area (Å²) in [5, 5.41) is 19.7. The largest absolute Gasteiger partial charge is 0.457 e. The van der Waals surface area contributed by atoms with Crippen molar-refractivity contribution in [1.29, 1.82) is 5.26 Å². The van der Waals surface area contributed by atoms with E-state index < -0.39 is 4.92 Å². The standard InChI is InChI=1S/C16H14N2O3/c1-11(2)12-3-6-14(7-4-12)21-15-8-5-13(10-17)16(9-15)18(19)20/h3-9,11H,1-2H3. The minimum Gasteiger partial charge on any atom is -0.457 e. The van der Waals surface area contributed by atoms with Gasteiger partial charge < -0.3 is 4.74 Å². The molecule has 5 heteroatoms. The second-order valence-electron chi connectivity index (χ2n) is 4.87. The third-order valence-corrected chi connectivity index (χ3v) is 3.07. The zero-order valence-corrected chi connectivity index (χ0v) is 11.7. The van der Waals surface area contributed by atoms with E-state index in [0.29, 0.717) is 17.4 Å². The van der Waals surface area contributed by atoms with Crippen molar-refractivity contribution in [2.24, 2.45) is 0 Å². The van der Waals surface area contributed by atoms with Crippen molar-refractivity contribution in [2.75, 3.05) is 0 Å². The quantitative estimate of drug-likeness (QED) is 0.615. The summed E-state index contributed by atoms with van der Waals surface area (Å²) in [6.07, 6.45) is 0. The summed E-state index contributed by atoms with van der Waals surface area (Å²) in [6, 6.07) is 13.5. The van der Waals surface area contributed by atoms with Crippen molar-refractivity contribution >= 4 is 5.69 Å². The van der Waals surface area contributed by atoms with E-state index in [2.05, 4.69) is 13.8 Å². The zero-order valence-electron chi connectivity index (χ0n) is 11.7. The highest BCUT2D eigenvalue weighted by molar-refractivity contribution is 5.53. The minimum atomic E-state index is -0.590. The van der Waals surface area contributed by atoms with Gasteiger partial charge in [-0.05, 0) is 35.7 Å². The maximum absolute atomic E-state index is 10.9. The van der Waals surface area contributed by atoms with Gasteiger partial charge in [-0.15, -0.1) is 0 Å². The molecule has 0 fully saturated rings. The van der Waals surface area contributed by atoms with Crippen LogP contribution >= 0.6 is 0 Å². The first-order chi connectivity index (χ1) is 10.0. The fraction of sp³-hybridized carbons (Fsp3) is 0.188. The van der Waals surface area contributed by atoms with Gasteiger partial charge in [-0.25, -0.2) is 0 Å². The first-order valence-electron chi connectivity index (χ1n) is 6.47. The second-order valence-corrected chi connectivity index (χ2v) is 4.87. The molecule has 0 aromatic heterocycles. The molecule has 0 spiro atoms. The Hall–Kier alpha value is -2.87. The summed E-state index contributed by atoms with van der Waals surface area (Å²) in [5.74, 6) is 1.35. The van der Waals surface area contributed by atoms with Crippen molar-refractivity contribution in [1.82, 2.24) is 0 Å². The van der Waals surface area contributed by atoms with Crippen LogP contribution in [-0.4, -0.2) is 4.92 Å². The SMILES string of the molecule is CC(C)c1ccc(Oc2ccc(C#N)c([N+](=O)[O-])c2)cc1. The molecule has 106 valence electrons. The van der Waals surface area contributed by atoms with Crippen molar-refractivity contribution in [3.05, 3.63) is 63.7 Å². The predicted molar refractivity (Wildman–Crippen MR) is 78.4 cm³/mol. The predicted octanol–water partition coefficient (Wildman–Crippen LogP) is 4.38. The molecule has 0 aliphatic rings. The number of hydrogen-bond donors (Lipinski definition) is 0. The van der Waals surface area contributed by atoms with Crippen molar-refractivity contribution in [3.63, 3.8) is 0 Å². The summed E-state index contributed by atoms with van der Waals surface area (Å²) in [6.45, 7) is 4.19. The number of nitro benzene ring substituents is 1. The monoisotopic (exact) mass is 282 g/mol. The van der Waals surface area contributed by atoms with Crippen LogP contribution in [0.25, 0.3) is 0 Å². The van der Waals surface area contributed by atoms with Gasteiger partial charge in [0.05, 0.1) is 11.0 Å². The van der Waals surface area contributed by atoms with Crippen LogP contribution in [0.15, 0.2) is 42.5 Å². The van der Waals surface area contributed by atoms with Crippen LogP contribution in [0.3, 0.4) is 0 Å². The lowest BCUT2D eigenvalue weighted by Gasteiger charge is -2.08. The Labute approximate surface area is 122 Å². The Kier molecular flexibility index (Phi) is 4.19. The van der Waals surface area contributed by atoms with Gasteiger partial charge in [0.25, 0.3) is 5.69 Å². The van der Waals surface area contributed by atoms with E-state index in [1.54, 1.807) is 12.1 Å². The summed E-state index contributed by atoms with van der Waals surface area (Å²) >= 11 is 0. The number of nitriles is 1. The molecule has 0 saturated carbocycles. The number of nitro groups is 1. The summed E-state index contributed by atoms with van der Waals surface area (Å²) in [5.41, 5.74) is 0.949. The van der Waals surface area contributed by atoms with Gasteiger partial charge in [-0.1, -0.05) is 26.0 Å². The molecular formula is C16H14N2O3. The number of rotatable bonds is 4. The van der Waals surface area contributed by atoms with Crippen LogP contribution in [0.4, 0.5) is 5.69 Å². The van der Waals surface area contributed by atoms with E-state index >= 15 is 0 Å². The minimum absolute atomic E-state index is 0.0162. The van der Waals surface area contributed by atoms with Crippen LogP contribution in [-0.2, 0) is 0 Å². The fourth-order valence-electron chi connectivity index (χ4n) is 1.88. The lowest BCUT2D eigenvalue weighted by atomic mass is 10.0. The van der Waals surface area contributed by atoms with Gasteiger partial charge in [0, 0.05) is 0 Å². The molecule has 2 rings (SSSR count). The summed E-state index contributed by atoms with van der Waals surface area (Å²) in [7, 11) is 0. The highest BCUT2D eigenvalue weighted by Gasteiger charge is 2.15. The van der Waals surface area contributed by atoms with Crippen molar-refractivity contribution in [3.8, 4) is 17.6 Å². The molecule has 2 aromatic rings. The van der Waals surface area contributed by atoms with Crippen LogP contribution in [0, 0.1) is 21.4 Å². The molecule has 0 bridgehead atoms. The van der Waals surface area contributed by atoms with Gasteiger partial charge in [-0.2, -0.15) is 5.26 Å². The first-order valence-corrected chi connectivity index (χ1v) is 6.47. The van der Waals surface area contributed by atoms with Crippen LogP contribution in [0.1, 0.15) is 30.9 Å². The number of nitrogens with zero attached hydrogens (tertiary/aromatic N) is 2. The van der Waals surface area contributed by atoms with Gasteiger partial charge in [-0.3, -0.25) is 10.1 Å². The van der Waals surface area contributed by atoms with Crippen molar-refractivity contribution in [2.45, 2.75) is 19.8 Å². The van der Waals surface area contributed by atoms with E-state index in [9.17, 15) is 10.1 Å². The highest BCUT2D eigenvalue weighted by atomic mass is 16.6. The molecule has 5 nitrogen and oxygen atoms in total. The maximum atomic E-state index is 10.9. The lowest BCUT2D eigenvalue weighted by molar-refractivity contribution is -0.385. The van der Waals surface area contributed by atoms with E-state index in [1.807, 2.05) is 24.3 Å². The van der Waals surface area contributed by atoms with E-state index in [1.165, 1.54) is 17.7 Å². The average Bonchev–Trinajstić information content (AvgIpc) is 2.47. The topological polar surface area (TPSA) is 76.2 Å². The molecule has 2 aromatic carbocycles. The zero-order chi connectivity index (χ0) is 15.4. The van der Waals surface area contributed by atoms with Gasteiger partial charge in [0.1, 0.15) is 23.1 Å². The molecule has 21 heavy (non-hydrogen) atoms. The van der Waals surface area contributed by atoms with Gasteiger partial charge >= 0.3 is 0 Å². The Bertz CT molecular complexity index is 700. The van der Waals surface area contributed by atoms with E-state index in [-0.39, 0.29) is 11.3 Å². The molecule has 0 N–H and O–H groups in total. The maximum Gasteiger partial charge on any atom is 0.290 e. The Morgan fingerprint density at radius 2 is 1.76 bits per heavy atom. The van der Waals surface area contributed by atoms with Crippen LogP contribution in [0.2, 0.25) is 0 Å². The highest BCUT2D eigenvalue weighted by Crippen LogP contribution is 2.28. The number of ether oxygens (including phenoxy) is 1. The molecule has 0 saturated heterocycles. The van der Waals surface area contributed by atoms with E-state index in [0.717, 1.165) is 0 Å². The molecule has 0 heterocycles. The Morgan fingerprint density at radius 3 is 2.29 bits per heavy atom. The Balaban J connectivity index is 2.25. The molecule has 0 atom stereocenters. The first kappa shape index (κ1) is 14.5. The molecule has 0 aliphatic carbocycles. The molecule has 0 radical (unpaired) electrons. The third-order valence-electron chi connectivity index (χ3n) is 3.07. The second kappa shape index (κ2) is 6.06. The lowest BCUT2D eigenvalue weighted by Crippen LogP contribution is -1.94. The molecule has 0 amide bonds. The summed E-state index contributed by atoms with van der Waals surface area (Å²) in [4.78, 5) is 10.3. The smallest absolute Gasteiger partial charge is 0.290 e. The van der Waals surface area contributed by atoms with Crippen molar-refractivity contribution < 1.29 is 9.66 Å². The number of benzene rings is 2. The molecule has 0 unspecified atom stereocenters. The molecule has 0 aliphatic heterocycles. The number of hydrogen-bond acceptors (Lipinski definition) is 4. The van der Waals surface area contributed by atoms with E-state index in [4.69, 9.17) is 10.00 Å². The Morgan fingerprint density at radius 1 is 1.14 bits per heavy atom. The van der Waals surface area contributed by atoms with Gasteiger partial charge in [0.15, 0.2) is 0 Å². The van der Waals surface area contributed by atoms with Crippen LogP contribution < -0.4 is 4.74 Å². The third kappa shape index (κ3) is 3.37. The fourth-order valence-corrected chi connectivity index (χ4v) is 1.88. The van der Waals surface area contributed by atoms with Gasteiger partial charge in [0.2, 0.25) is 0 Å². The summed E-state index contributed by atoms with van der Waals surface area (Å²) < 4.78 is 5.59. The average molecular weight is 282 g/mol. The normalized spacial score (nSPS) is 10.2. The molecular weight excluding hydrogens is 268 g/mol. The van der Waals surface area contributed by atoms with Crippen LogP contribution in [0.5, 0.6) is 11.5 Å².